The van der Waals surface area contributed by atoms with Crippen molar-refractivity contribution in [2.24, 2.45) is 0 Å². The molecule has 0 spiro atoms. The molecule has 4 heteroatoms. The van der Waals surface area contributed by atoms with E-state index in [0.717, 1.165) is 50.6 Å². The zero-order chi connectivity index (χ0) is 20.6. The third-order valence-electron chi connectivity index (χ3n) is 5.31. The summed E-state index contributed by atoms with van der Waals surface area (Å²) < 4.78 is 12.2. The van der Waals surface area contributed by atoms with Crippen LogP contribution in [0.2, 0.25) is 0 Å². The molecule has 3 aromatic rings. The van der Waals surface area contributed by atoms with Gasteiger partial charge in [0.15, 0.2) is 0 Å². The van der Waals surface area contributed by atoms with Gasteiger partial charge in [-0.2, -0.15) is 0 Å². The lowest BCUT2D eigenvalue weighted by Crippen LogP contribution is -1.96. The maximum atomic E-state index is 9.94. The number of aryl methyl sites for hydroxylation is 2. The number of ether oxygens (including phenoxy) is 2. The first kappa shape index (κ1) is 19.6. The van der Waals surface area contributed by atoms with E-state index in [4.69, 9.17) is 9.47 Å². The summed E-state index contributed by atoms with van der Waals surface area (Å²) >= 11 is 0. The predicted octanol–water partition coefficient (Wildman–Crippen LogP) is 6.53. The first-order valence-corrected chi connectivity index (χ1v) is 9.24. The molecule has 3 aromatic carbocycles. The molecule has 0 aliphatic carbocycles. The lowest BCUT2D eigenvalue weighted by atomic mass is 10.1. The van der Waals surface area contributed by atoms with Crippen molar-refractivity contribution in [3.8, 4) is 34.5 Å². The normalized spacial score (nSPS) is 10.8. The van der Waals surface area contributed by atoms with E-state index < -0.39 is 0 Å². The van der Waals surface area contributed by atoms with Crippen LogP contribution >= 0.6 is 0 Å². The number of phenols is 2. The van der Waals surface area contributed by atoms with Crippen LogP contribution in [0, 0.1) is 41.5 Å². The van der Waals surface area contributed by atoms with Crippen LogP contribution in [0.3, 0.4) is 0 Å². The Kier molecular flexibility index (Phi) is 5.23. The van der Waals surface area contributed by atoms with Crippen molar-refractivity contribution >= 4 is 0 Å². The standard InChI is InChI=1S/C24H26O4/c1-13-11-19(12-14(2)24(13)26)27-21-9-10-23(18(6)17(21)5)28-22-8-7-20(25)15(3)16(22)4/h7-12,25-26H,1-6H3. The molecule has 0 bridgehead atoms. The Balaban J connectivity index is 1.91. The van der Waals surface area contributed by atoms with Gasteiger partial charge in [-0.3, -0.25) is 0 Å². The second kappa shape index (κ2) is 7.47. The van der Waals surface area contributed by atoms with Crippen LogP contribution in [0.15, 0.2) is 36.4 Å². The lowest BCUT2D eigenvalue weighted by Gasteiger charge is -2.17. The minimum absolute atomic E-state index is 0.265. The number of aromatic hydroxyl groups is 2. The van der Waals surface area contributed by atoms with Crippen molar-refractivity contribution < 1.29 is 19.7 Å². The highest BCUT2D eigenvalue weighted by Gasteiger charge is 2.13. The summed E-state index contributed by atoms with van der Waals surface area (Å²) in [4.78, 5) is 0. The van der Waals surface area contributed by atoms with E-state index in [1.54, 1.807) is 12.1 Å². The Morgan fingerprint density at radius 1 is 0.571 bits per heavy atom. The summed E-state index contributed by atoms with van der Waals surface area (Å²) in [6.07, 6.45) is 0. The minimum Gasteiger partial charge on any atom is -0.508 e. The van der Waals surface area contributed by atoms with Gasteiger partial charge in [0, 0.05) is 0 Å². The van der Waals surface area contributed by atoms with Crippen LogP contribution in [0.1, 0.15) is 33.4 Å². The third-order valence-corrected chi connectivity index (χ3v) is 5.31. The first-order valence-electron chi connectivity index (χ1n) is 9.24. The van der Waals surface area contributed by atoms with Gasteiger partial charge in [0.25, 0.3) is 0 Å². The number of phenolic OH excluding ortho intramolecular Hbond substituents is 2. The van der Waals surface area contributed by atoms with Crippen molar-refractivity contribution in [3.63, 3.8) is 0 Å². The molecule has 0 unspecified atom stereocenters. The van der Waals surface area contributed by atoms with Crippen molar-refractivity contribution in [1.82, 2.24) is 0 Å². The van der Waals surface area contributed by atoms with Gasteiger partial charge in [0.05, 0.1) is 0 Å². The number of hydrogen-bond acceptors (Lipinski definition) is 4. The molecule has 3 rings (SSSR count). The highest BCUT2D eigenvalue weighted by Crippen LogP contribution is 2.38. The van der Waals surface area contributed by atoms with Crippen molar-refractivity contribution in [2.75, 3.05) is 0 Å². The van der Waals surface area contributed by atoms with Crippen LogP contribution in [0.25, 0.3) is 0 Å². The maximum absolute atomic E-state index is 9.94. The smallest absolute Gasteiger partial charge is 0.130 e. The van der Waals surface area contributed by atoms with E-state index in [0.29, 0.717) is 11.5 Å². The van der Waals surface area contributed by atoms with E-state index >= 15 is 0 Å². The molecular formula is C24H26O4. The molecule has 0 saturated carbocycles. The zero-order valence-corrected chi connectivity index (χ0v) is 17.2. The van der Waals surface area contributed by atoms with Gasteiger partial charge in [-0.15, -0.1) is 0 Å². The topological polar surface area (TPSA) is 58.9 Å². The molecule has 0 aliphatic heterocycles. The van der Waals surface area contributed by atoms with Crippen LogP contribution in [0.5, 0.6) is 34.5 Å². The first-order chi connectivity index (χ1) is 13.2. The Bertz CT molecular complexity index is 1030. The fourth-order valence-electron chi connectivity index (χ4n) is 3.10. The van der Waals surface area contributed by atoms with Gasteiger partial charge in [-0.25, -0.2) is 0 Å². The van der Waals surface area contributed by atoms with Gasteiger partial charge in [0.1, 0.15) is 34.5 Å². The Labute approximate surface area is 166 Å². The Hall–Kier alpha value is -3.14. The summed E-state index contributed by atoms with van der Waals surface area (Å²) in [6, 6.07) is 10.8. The summed E-state index contributed by atoms with van der Waals surface area (Å²) in [5.41, 5.74) is 5.24. The SMILES string of the molecule is Cc1cc(Oc2ccc(Oc3ccc(O)c(C)c3C)c(C)c2C)cc(C)c1O. The Morgan fingerprint density at radius 2 is 1.00 bits per heavy atom. The molecule has 0 atom stereocenters. The summed E-state index contributed by atoms with van der Waals surface area (Å²) in [5, 5.41) is 19.8. The average Bonchev–Trinajstić information content (AvgIpc) is 2.65. The number of benzene rings is 3. The number of rotatable bonds is 4. The van der Waals surface area contributed by atoms with Gasteiger partial charge in [0.2, 0.25) is 0 Å². The molecule has 2 N–H and O–H groups in total. The molecule has 4 nitrogen and oxygen atoms in total. The summed E-state index contributed by atoms with van der Waals surface area (Å²) in [5.74, 6) is 3.46. The summed E-state index contributed by atoms with van der Waals surface area (Å²) in [7, 11) is 0. The number of hydrogen-bond donors (Lipinski definition) is 2. The molecule has 28 heavy (non-hydrogen) atoms. The van der Waals surface area contributed by atoms with E-state index in [2.05, 4.69) is 0 Å². The molecule has 0 amide bonds. The van der Waals surface area contributed by atoms with Crippen LogP contribution in [-0.2, 0) is 0 Å². The zero-order valence-electron chi connectivity index (χ0n) is 17.2. The van der Waals surface area contributed by atoms with E-state index in [9.17, 15) is 10.2 Å². The van der Waals surface area contributed by atoms with E-state index in [1.165, 1.54) is 0 Å². The van der Waals surface area contributed by atoms with E-state index in [1.807, 2.05) is 65.8 Å². The second-order valence-corrected chi connectivity index (χ2v) is 7.25. The van der Waals surface area contributed by atoms with Crippen molar-refractivity contribution in [3.05, 3.63) is 69.8 Å². The highest BCUT2D eigenvalue weighted by atomic mass is 16.5. The maximum Gasteiger partial charge on any atom is 0.130 e. The van der Waals surface area contributed by atoms with Crippen LogP contribution < -0.4 is 9.47 Å². The van der Waals surface area contributed by atoms with Crippen LogP contribution in [-0.4, -0.2) is 10.2 Å². The highest BCUT2D eigenvalue weighted by molar-refractivity contribution is 5.53. The summed E-state index contributed by atoms with van der Waals surface area (Å²) in [6.45, 7) is 11.5. The largest absolute Gasteiger partial charge is 0.508 e. The van der Waals surface area contributed by atoms with Crippen molar-refractivity contribution in [1.29, 1.82) is 0 Å². The molecule has 0 aliphatic rings. The predicted molar refractivity (Wildman–Crippen MR) is 111 cm³/mol. The fourth-order valence-corrected chi connectivity index (χ4v) is 3.10. The molecule has 0 fully saturated rings. The molecular weight excluding hydrogens is 352 g/mol. The van der Waals surface area contributed by atoms with Gasteiger partial charge < -0.3 is 19.7 Å². The molecule has 0 saturated heterocycles. The van der Waals surface area contributed by atoms with Crippen molar-refractivity contribution in [2.45, 2.75) is 41.5 Å². The molecule has 146 valence electrons. The Morgan fingerprint density at radius 3 is 1.54 bits per heavy atom. The monoisotopic (exact) mass is 378 g/mol. The van der Waals surface area contributed by atoms with Gasteiger partial charge in [-0.05, 0) is 111 Å². The lowest BCUT2D eigenvalue weighted by molar-refractivity contribution is 0.448. The van der Waals surface area contributed by atoms with Crippen LogP contribution in [0.4, 0.5) is 0 Å². The fraction of sp³-hybridized carbons (Fsp3) is 0.250. The van der Waals surface area contributed by atoms with Gasteiger partial charge >= 0.3 is 0 Å². The average molecular weight is 378 g/mol. The second-order valence-electron chi connectivity index (χ2n) is 7.25. The molecule has 0 heterocycles. The quantitative estimate of drug-likeness (QED) is 0.542. The third kappa shape index (κ3) is 3.63. The van der Waals surface area contributed by atoms with Gasteiger partial charge in [-0.1, -0.05) is 0 Å². The molecule has 0 aromatic heterocycles. The van der Waals surface area contributed by atoms with E-state index in [-0.39, 0.29) is 5.75 Å². The molecule has 0 radical (unpaired) electrons. The minimum atomic E-state index is 0.265.